The maximum Gasteiger partial charge on any atom is 0.217 e. The first-order valence-corrected chi connectivity index (χ1v) is 8.20. The third kappa shape index (κ3) is 3.83. The molecule has 0 aliphatic heterocycles. The van der Waals surface area contributed by atoms with E-state index in [1.54, 1.807) is 7.11 Å². The van der Waals surface area contributed by atoms with Crippen molar-refractivity contribution in [1.29, 1.82) is 0 Å². The zero-order valence-corrected chi connectivity index (χ0v) is 14.5. The number of methoxy groups -OCH3 is 1. The topological polar surface area (TPSA) is 31.4 Å². The first kappa shape index (κ1) is 16.9. The average Bonchev–Trinajstić information content (AvgIpc) is 2.54. The van der Waals surface area contributed by atoms with Crippen LogP contribution in [0.4, 0.5) is 0 Å². The van der Waals surface area contributed by atoms with Crippen LogP contribution in [0.5, 0.6) is 11.6 Å². The van der Waals surface area contributed by atoms with Gasteiger partial charge in [0.2, 0.25) is 5.88 Å². The van der Waals surface area contributed by atoms with E-state index in [1.807, 2.05) is 24.3 Å². The van der Waals surface area contributed by atoms with E-state index in [0.717, 1.165) is 17.6 Å². The Hall–Kier alpha value is -1.48. The summed E-state index contributed by atoms with van der Waals surface area (Å²) in [5.74, 6) is 2.64. The maximum absolute atomic E-state index is 6.23. The zero-order valence-electron chi connectivity index (χ0n) is 13.7. The van der Waals surface area contributed by atoms with Gasteiger partial charge in [0, 0.05) is 11.5 Å². The van der Waals surface area contributed by atoms with E-state index in [2.05, 4.69) is 25.8 Å². The number of rotatable bonds is 7. The number of para-hydroxylation sites is 1. The molecule has 1 aromatic carbocycles. The molecule has 0 amide bonds. The van der Waals surface area contributed by atoms with Crippen LogP contribution in [0.15, 0.2) is 24.3 Å². The highest BCUT2D eigenvalue weighted by Crippen LogP contribution is 2.32. The van der Waals surface area contributed by atoms with E-state index >= 15 is 0 Å². The van der Waals surface area contributed by atoms with Gasteiger partial charge in [-0.15, -0.1) is 0 Å². The molecule has 0 N–H and O–H groups in total. The van der Waals surface area contributed by atoms with E-state index in [9.17, 15) is 0 Å². The fraction of sp³-hybridized carbons (Fsp3) is 0.500. The molecule has 0 fully saturated rings. The van der Waals surface area contributed by atoms with Gasteiger partial charge in [0.05, 0.1) is 24.3 Å². The molecule has 2 atom stereocenters. The summed E-state index contributed by atoms with van der Waals surface area (Å²) in [7, 11) is 1.64. The van der Waals surface area contributed by atoms with Crippen LogP contribution in [-0.4, -0.2) is 18.7 Å². The standard InChI is InChI=1S/C18H24ClNO2/c1-5-12(2)13(3)9-10-22-17-11-16(21-4)14-7-6-8-15(19)18(14)20-17/h6-8,11-13H,5,9-10H2,1-4H3/t12-,13?/m1/s1. The van der Waals surface area contributed by atoms with Crippen LogP contribution in [-0.2, 0) is 0 Å². The Bertz CT molecular complexity index is 630. The Labute approximate surface area is 137 Å². The van der Waals surface area contributed by atoms with Crippen molar-refractivity contribution in [3.63, 3.8) is 0 Å². The van der Waals surface area contributed by atoms with Crippen LogP contribution in [0.25, 0.3) is 10.9 Å². The molecule has 3 nitrogen and oxygen atoms in total. The van der Waals surface area contributed by atoms with Crippen LogP contribution in [0.3, 0.4) is 0 Å². The quantitative estimate of drug-likeness (QED) is 0.689. The molecule has 2 aromatic rings. The molecule has 0 spiro atoms. The Morgan fingerprint density at radius 1 is 1.23 bits per heavy atom. The van der Waals surface area contributed by atoms with Gasteiger partial charge in [0.15, 0.2) is 0 Å². The molecule has 0 bridgehead atoms. The van der Waals surface area contributed by atoms with Crippen LogP contribution in [0.2, 0.25) is 5.02 Å². The van der Waals surface area contributed by atoms with Gasteiger partial charge in [0.25, 0.3) is 0 Å². The van der Waals surface area contributed by atoms with Gasteiger partial charge in [-0.2, -0.15) is 0 Å². The highest BCUT2D eigenvalue weighted by atomic mass is 35.5. The first-order valence-electron chi connectivity index (χ1n) is 7.82. The minimum absolute atomic E-state index is 0.564. The van der Waals surface area contributed by atoms with Gasteiger partial charge in [-0.3, -0.25) is 0 Å². The summed E-state index contributed by atoms with van der Waals surface area (Å²) in [6.45, 7) is 7.42. The van der Waals surface area contributed by atoms with Gasteiger partial charge in [-0.1, -0.05) is 44.9 Å². The van der Waals surface area contributed by atoms with E-state index in [1.165, 1.54) is 6.42 Å². The molecule has 1 unspecified atom stereocenters. The van der Waals surface area contributed by atoms with Gasteiger partial charge in [0.1, 0.15) is 5.75 Å². The van der Waals surface area contributed by atoms with Crippen LogP contribution >= 0.6 is 11.6 Å². The van der Waals surface area contributed by atoms with Crippen LogP contribution < -0.4 is 9.47 Å². The Morgan fingerprint density at radius 3 is 2.68 bits per heavy atom. The third-order valence-electron chi connectivity index (χ3n) is 4.39. The summed E-state index contributed by atoms with van der Waals surface area (Å²) < 4.78 is 11.3. The van der Waals surface area contributed by atoms with E-state index in [0.29, 0.717) is 34.9 Å². The number of fused-ring (bicyclic) bond motifs is 1. The number of ether oxygens (including phenoxy) is 2. The number of nitrogens with zero attached hydrogens (tertiary/aromatic N) is 1. The number of pyridine rings is 1. The number of benzene rings is 1. The summed E-state index contributed by atoms with van der Waals surface area (Å²) in [6.07, 6.45) is 2.21. The Morgan fingerprint density at radius 2 is 2.00 bits per heavy atom. The van der Waals surface area contributed by atoms with Crippen molar-refractivity contribution < 1.29 is 9.47 Å². The maximum atomic E-state index is 6.23. The van der Waals surface area contributed by atoms with E-state index in [-0.39, 0.29) is 0 Å². The summed E-state index contributed by atoms with van der Waals surface area (Å²) in [6, 6.07) is 7.49. The predicted octanol–water partition coefficient (Wildman–Crippen LogP) is 5.35. The molecule has 0 aliphatic carbocycles. The molecule has 0 saturated carbocycles. The lowest BCUT2D eigenvalue weighted by Crippen LogP contribution is -2.11. The van der Waals surface area contributed by atoms with Gasteiger partial charge in [-0.05, 0) is 30.4 Å². The first-order chi connectivity index (χ1) is 10.6. The summed E-state index contributed by atoms with van der Waals surface area (Å²) in [5, 5.41) is 1.50. The minimum atomic E-state index is 0.564. The second kappa shape index (κ2) is 7.68. The smallest absolute Gasteiger partial charge is 0.217 e. The molecule has 22 heavy (non-hydrogen) atoms. The molecule has 2 rings (SSSR count). The summed E-state index contributed by atoms with van der Waals surface area (Å²) in [4.78, 5) is 4.51. The SMILES string of the molecule is CC[C@@H](C)C(C)CCOc1cc(OC)c2cccc(Cl)c2n1. The lowest BCUT2D eigenvalue weighted by atomic mass is 9.91. The summed E-state index contributed by atoms with van der Waals surface area (Å²) >= 11 is 6.23. The molecular weight excluding hydrogens is 298 g/mol. The van der Waals surface area contributed by atoms with Crippen molar-refractivity contribution in [3.05, 3.63) is 29.3 Å². The van der Waals surface area contributed by atoms with Crippen molar-refractivity contribution in [1.82, 2.24) is 4.98 Å². The molecule has 1 heterocycles. The molecule has 0 aliphatic rings. The van der Waals surface area contributed by atoms with Gasteiger partial charge < -0.3 is 9.47 Å². The lowest BCUT2D eigenvalue weighted by Gasteiger charge is -2.18. The number of aromatic nitrogens is 1. The Balaban J connectivity index is 2.13. The predicted molar refractivity (Wildman–Crippen MR) is 92.0 cm³/mol. The molecule has 0 radical (unpaired) electrons. The van der Waals surface area contributed by atoms with Gasteiger partial charge in [-0.25, -0.2) is 4.98 Å². The third-order valence-corrected chi connectivity index (χ3v) is 4.69. The van der Waals surface area contributed by atoms with Crippen molar-refractivity contribution in [2.24, 2.45) is 11.8 Å². The zero-order chi connectivity index (χ0) is 16.1. The molecular formula is C18H24ClNO2. The van der Waals surface area contributed by atoms with Crippen molar-refractivity contribution in [2.75, 3.05) is 13.7 Å². The van der Waals surface area contributed by atoms with Crippen molar-refractivity contribution in [3.8, 4) is 11.6 Å². The minimum Gasteiger partial charge on any atom is -0.496 e. The van der Waals surface area contributed by atoms with E-state index in [4.69, 9.17) is 21.1 Å². The number of halogens is 1. The second-order valence-electron chi connectivity index (χ2n) is 5.80. The van der Waals surface area contributed by atoms with Crippen molar-refractivity contribution >= 4 is 22.5 Å². The van der Waals surface area contributed by atoms with Crippen molar-refractivity contribution in [2.45, 2.75) is 33.6 Å². The van der Waals surface area contributed by atoms with Crippen LogP contribution in [0, 0.1) is 11.8 Å². The largest absolute Gasteiger partial charge is 0.496 e. The number of hydrogen-bond donors (Lipinski definition) is 0. The molecule has 0 saturated heterocycles. The second-order valence-corrected chi connectivity index (χ2v) is 6.21. The fourth-order valence-corrected chi connectivity index (χ4v) is 2.66. The number of hydrogen-bond acceptors (Lipinski definition) is 3. The molecule has 4 heteroatoms. The average molecular weight is 322 g/mol. The molecule has 120 valence electrons. The van der Waals surface area contributed by atoms with E-state index < -0.39 is 0 Å². The highest BCUT2D eigenvalue weighted by molar-refractivity contribution is 6.35. The highest BCUT2D eigenvalue weighted by Gasteiger charge is 2.12. The van der Waals surface area contributed by atoms with Crippen LogP contribution in [0.1, 0.15) is 33.6 Å². The normalized spacial score (nSPS) is 13.9. The Kier molecular flexibility index (Phi) is 5.90. The molecule has 1 aromatic heterocycles. The monoisotopic (exact) mass is 321 g/mol. The lowest BCUT2D eigenvalue weighted by molar-refractivity contribution is 0.243. The summed E-state index contributed by atoms with van der Waals surface area (Å²) in [5.41, 5.74) is 0.716. The van der Waals surface area contributed by atoms with Gasteiger partial charge >= 0.3 is 0 Å². The fourth-order valence-electron chi connectivity index (χ4n) is 2.44.